The minimum absolute atomic E-state index is 0.206. The van der Waals surface area contributed by atoms with Crippen LogP contribution in [0.3, 0.4) is 0 Å². The Morgan fingerprint density at radius 2 is 1.84 bits per heavy atom. The number of carbonyl (C=O) groups excluding carboxylic acids is 1. The first-order valence-corrected chi connectivity index (χ1v) is 6.75. The fraction of sp³-hybridized carbons (Fsp3) is 0.308. The summed E-state index contributed by atoms with van der Waals surface area (Å²) in [6, 6.07) is 8.88. The fourth-order valence-electron chi connectivity index (χ4n) is 1.50. The first-order valence-electron chi connectivity index (χ1n) is 5.58. The summed E-state index contributed by atoms with van der Waals surface area (Å²) in [5.74, 6) is -0.206. The van der Waals surface area contributed by atoms with Gasteiger partial charge < -0.3 is 4.90 Å². The molecule has 0 spiro atoms. The molecule has 1 aromatic carbocycles. The van der Waals surface area contributed by atoms with Crippen LogP contribution in [-0.4, -0.2) is 23.9 Å². The Kier molecular flexibility index (Phi) is 6.35. The second-order valence-electron chi connectivity index (χ2n) is 3.74. The molecule has 0 aromatic heterocycles. The normalized spacial score (nSPS) is 9.47. The fourth-order valence-corrected chi connectivity index (χ4v) is 1.99. The molecule has 0 saturated carbocycles. The number of halogens is 2. The van der Waals surface area contributed by atoms with Gasteiger partial charge in [-0.3, -0.25) is 4.79 Å². The molecule has 0 heterocycles. The molecule has 6 heteroatoms. The maximum Gasteiger partial charge on any atom is 0.253 e. The van der Waals surface area contributed by atoms with Gasteiger partial charge in [-0.15, -0.1) is 0 Å². The molecule has 4 nitrogen and oxygen atoms in total. The van der Waals surface area contributed by atoms with Crippen molar-refractivity contribution in [3.05, 3.63) is 33.3 Å². The molecule has 0 aliphatic rings. The molecule has 0 atom stereocenters. The van der Waals surface area contributed by atoms with Crippen LogP contribution in [0.4, 0.5) is 0 Å². The second-order valence-corrected chi connectivity index (χ2v) is 5.00. The number of carbonyl (C=O) groups is 1. The molecule has 1 amide bonds. The van der Waals surface area contributed by atoms with Crippen LogP contribution in [0, 0.1) is 22.7 Å². The highest BCUT2D eigenvalue weighted by Crippen LogP contribution is 2.23. The third kappa shape index (κ3) is 4.55. The van der Waals surface area contributed by atoms with E-state index in [0.717, 1.165) is 0 Å². The van der Waals surface area contributed by atoms with E-state index >= 15 is 0 Å². The molecule has 19 heavy (non-hydrogen) atoms. The van der Waals surface area contributed by atoms with E-state index in [4.69, 9.17) is 22.1 Å². The van der Waals surface area contributed by atoms with Gasteiger partial charge in [-0.25, -0.2) is 0 Å². The topological polar surface area (TPSA) is 67.9 Å². The summed E-state index contributed by atoms with van der Waals surface area (Å²) in [7, 11) is 0. The molecule has 0 unspecified atom stereocenters. The maximum atomic E-state index is 12.3. The monoisotopic (exact) mass is 339 g/mol. The SMILES string of the molecule is N#CCCN(CCC#N)C(=O)c1ccc(Cl)c(Br)c1. The van der Waals surface area contributed by atoms with Crippen LogP contribution in [0.15, 0.2) is 22.7 Å². The number of benzene rings is 1. The Hall–Kier alpha value is -1.56. The molecule has 0 bridgehead atoms. The molecule has 1 rings (SSSR count). The molecular formula is C13H11BrClN3O. The lowest BCUT2D eigenvalue weighted by Crippen LogP contribution is -2.32. The predicted molar refractivity (Wildman–Crippen MR) is 75.5 cm³/mol. The Balaban J connectivity index is 2.88. The van der Waals surface area contributed by atoms with Gasteiger partial charge in [0.25, 0.3) is 5.91 Å². The molecular weight excluding hydrogens is 330 g/mol. The van der Waals surface area contributed by atoms with Gasteiger partial charge in [0.05, 0.1) is 30.0 Å². The molecule has 0 saturated heterocycles. The van der Waals surface area contributed by atoms with Crippen LogP contribution >= 0.6 is 27.5 Å². The van der Waals surface area contributed by atoms with Gasteiger partial charge in [-0.1, -0.05) is 11.6 Å². The number of rotatable bonds is 5. The van der Waals surface area contributed by atoms with Crippen molar-refractivity contribution in [3.8, 4) is 12.1 Å². The highest BCUT2D eigenvalue weighted by Gasteiger charge is 2.16. The molecule has 0 aliphatic heterocycles. The predicted octanol–water partition coefficient (Wildman–Crippen LogP) is 3.37. The standard InChI is InChI=1S/C13H11BrClN3O/c14-11-9-10(3-4-12(11)15)13(19)18(7-1-5-16)8-2-6-17/h3-4,9H,1-2,7-8H2. The van der Waals surface area contributed by atoms with E-state index in [0.29, 0.717) is 28.1 Å². The first kappa shape index (κ1) is 15.5. The van der Waals surface area contributed by atoms with E-state index in [9.17, 15) is 4.79 Å². The highest BCUT2D eigenvalue weighted by molar-refractivity contribution is 9.10. The van der Waals surface area contributed by atoms with E-state index in [-0.39, 0.29) is 18.7 Å². The van der Waals surface area contributed by atoms with E-state index in [1.54, 1.807) is 18.2 Å². The van der Waals surface area contributed by atoms with E-state index in [1.165, 1.54) is 4.90 Å². The zero-order valence-electron chi connectivity index (χ0n) is 10.1. The summed E-state index contributed by atoms with van der Waals surface area (Å²) < 4.78 is 0.639. The van der Waals surface area contributed by atoms with Gasteiger partial charge in [0.1, 0.15) is 0 Å². The van der Waals surface area contributed by atoms with Crippen LogP contribution < -0.4 is 0 Å². The Bertz CT molecular complexity index is 530. The quantitative estimate of drug-likeness (QED) is 0.825. The van der Waals surface area contributed by atoms with Crippen LogP contribution in [0.1, 0.15) is 23.2 Å². The molecule has 98 valence electrons. The Morgan fingerprint density at radius 1 is 1.26 bits per heavy atom. The van der Waals surface area contributed by atoms with Gasteiger partial charge in [-0.2, -0.15) is 10.5 Å². The lowest BCUT2D eigenvalue weighted by atomic mass is 10.2. The van der Waals surface area contributed by atoms with Crippen molar-refractivity contribution in [2.24, 2.45) is 0 Å². The summed E-state index contributed by atoms with van der Waals surface area (Å²) in [6.45, 7) is 0.633. The summed E-state index contributed by atoms with van der Waals surface area (Å²) in [5.41, 5.74) is 0.479. The van der Waals surface area contributed by atoms with Gasteiger partial charge in [0, 0.05) is 23.1 Å². The molecule has 0 radical (unpaired) electrons. The van der Waals surface area contributed by atoms with Crippen molar-refractivity contribution < 1.29 is 4.79 Å². The zero-order valence-corrected chi connectivity index (χ0v) is 12.4. The first-order chi connectivity index (χ1) is 9.10. The number of hydrogen-bond donors (Lipinski definition) is 0. The van der Waals surface area contributed by atoms with Crippen LogP contribution in [-0.2, 0) is 0 Å². The van der Waals surface area contributed by atoms with Gasteiger partial charge in [0.15, 0.2) is 0 Å². The molecule has 0 N–H and O–H groups in total. The van der Waals surface area contributed by atoms with Crippen molar-refractivity contribution in [1.82, 2.24) is 4.90 Å². The second kappa shape index (κ2) is 7.78. The summed E-state index contributed by atoms with van der Waals surface area (Å²) in [4.78, 5) is 13.8. The third-order valence-electron chi connectivity index (χ3n) is 2.44. The van der Waals surface area contributed by atoms with E-state index in [1.807, 2.05) is 12.1 Å². The lowest BCUT2D eigenvalue weighted by Gasteiger charge is -2.20. The Morgan fingerprint density at radius 3 is 2.32 bits per heavy atom. The van der Waals surface area contributed by atoms with Crippen molar-refractivity contribution >= 4 is 33.4 Å². The van der Waals surface area contributed by atoms with Crippen molar-refractivity contribution in [2.45, 2.75) is 12.8 Å². The average Bonchev–Trinajstić information content (AvgIpc) is 2.41. The van der Waals surface area contributed by atoms with Gasteiger partial charge >= 0.3 is 0 Å². The highest BCUT2D eigenvalue weighted by atomic mass is 79.9. The van der Waals surface area contributed by atoms with Crippen molar-refractivity contribution in [2.75, 3.05) is 13.1 Å². The van der Waals surface area contributed by atoms with Crippen LogP contribution in [0.5, 0.6) is 0 Å². The van der Waals surface area contributed by atoms with Gasteiger partial charge in [-0.05, 0) is 34.1 Å². The molecule has 0 fully saturated rings. The smallest absolute Gasteiger partial charge is 0.253 e. The van der Waals surface area contributed by atoms with Gasteiger partial charge in [0.2, 0.25) is 0 Å². The number of hydrogen-bond acceptors (Lipinski definition) is 3. The van der Waals surface area contributed by atoms with Crippen molar-refractivity contribution in [1.29, 1.82) is 10.5 Å². The largest absolute Gasteiger partial charge is 0.337 e. The van der Waals surface area contributed by atoms with E-state index < -0.39 is 0 Å². The zero-order chi connectivity index (χ0) is 14.3. The number of amides is 1. The minimum atomic E-state index is -0.206. The molecule has 0 aliphatic carbocycles. The minimum Gasteiger partial charge on any atom is -0.337 e. The summed E-state index contributed by atoms with van der Waals surface area (Å²) in [6.07, 6.45) is 0.484. The third-order valence-corrected chi connectivity index (χ3v) is 3.65. The van der Waals surface area contributed by atoms with Crippen LogP contribution in [0.2, 0.25) is 5.02 Å². The maximum absolute atomic E-state index is 12.3. The van der Waals surface area contributed by atoms with Crippen LogP contribution in [0.25, 0.3) is 0 Å². The number of nitrogens with zero attached hydrogens (tertiary/aromatic N) is 3. The molecule has 1 aromatic rings. The Labute approximate surface area is 125 Å². The van der Waals surface area contributed by atoms with Crippen molar-refractivity contribution in [3.63, 3.8) is 0 Å². The average molecular weight is 341 g/mol. The summed E-state index contributed by atoms with van der Waals surface area (Å²) >= 11 is 9.14. The van der Waals surface area contributed by atoms with E-state index in [2.05, 4.69) is 15.9 Å². The summed E-state index contributed by atoms with van der Waals surface area (Å²) in [5, 5.41) is 17.7. The lowest BCUT2D eigenvalue weighted by molar-refractivity contribution is 0.0762. The number of nitriles is 2.